The van der Waals surface area contributed by atoms with Gasteiger partial charge in [-0.3, -0.25) is 14.7 Å². The van der Waals surface area contributed by atoms with E-state index in [-0.39, 0.29) is 17.9 Å². The number of benzene rings is 2. The number of aryl methyl sites for hydroxylation is 4. The van der Waals surface area contributed by atoms with E-state index in [0.717, 1.165) is 28.2 Å². The summed E-state index contributed by atoms with van der Waals surface area (Å²) in [5.41, 5.74) is 7.30. The molecule has 6 nitrogen and oxygen atoms in total. The highest BCUT2D eigenvalue weighted by Gasteiger charge is 2.16. The lowest BCUT2D eigenvalue weighted by Crippen LogP contribution is -2.19. The number of aromatic nitrogens is 3. The highest BCUT2D eigenvalue weighted by Crippen LogP contribution is 2.24. The fourth-order valence-electron chi connectivity index (χ4n) is 3.52. The van der Waals surface area contributed by atoms with Crippen LogP contribution in [0.15, 0.2) is 52.6 Å². The number of thiazole rings is 1. The van der Waals surface area contributed by atoms with E-state index >= 15 is 0 Å². The van der Waals surface area contributed by atoms with Crippen LogP contribution < -0.4 is 10.9 Å². The van der Waals surface area contributed by atoms with Crippen molar-refractivity contribution < 1.29 is 4.79 Å². The minimum Gasteiger partial charge on any atom is -0.326 e. The van der Waals surface area contributed by atoms with Crippen LogP contribution in [-0.4, -0.2) is 20.7 Å². The van der Waals surface area contributed by atoms with Gasteiger partial charge in [-0.1, -0.05) is 35.9 Å². The molecule has 0 radical (unpaired) electrons. The molecule has 2 aromatic carbocycles. The van der Waals surface area contributed by atoms with E-state index in [0.29, 0.717) is 17.1 Å². The lowest BCUT2D eigenvalue weighted by atomic mass is 10.1. The number of carbonyl (C=O) groups excluding carboxylic acids is 1. The molecule has 4 rings (SSSR count). The maximum Gasteiger partial charge on any atom is 0.276 e. The van der Waals surface area contributed by atoms with Crippen LogP contribution in [0.25, 0.3) is 16.4 Å². The van der Waals surface area contributed by atoms with Gasteiger partial charge >= 0.3 is 0 Å². The Morgan fingerprint density at radius 1 is 1.06 bits per heavy atom. The molecule has 0 spiro atoms. The van der Waals surface area contributed by atoms with Crippen LogP contribution in [0.5, 0.6) is 0 Å². The fraction of sp³-hybridized carbons (Fsp3) is 0.240. The van der Waals surface area contributed by atoms with Crippen molar-refractivity contribution in [2.75, 3.05) is 5.32 Å². The molecule has 0 saturated heterocycles. The molecule has 1 amide bonds. The maximum atomic E-state index is 13.0. The Hall–Kier alpha value is -3.45. The van der Waals surface area contributed by atoms with Gasteiger partial charge < -0.3 is 5.32 Å². The maximum absolute atomic E-state index is 13.0. The molecule has 0 fully saturated rings. The first-order chi connectivity index (χ1) is 15.3. The smallest absolute Gasteiger partial charge is 0.276 e. The highest BCUT2D eigenvalue weighted by atomic mass is 32.1. The van der Waals surface area contributed by atoms with Crippen LogP contribution in [0.4, 0.5) is 5.69 Å². The van der Waals surface area contributed by atoms with Gasteiger partial charge in [0.15, 0.2) is 0 Å². The van der Waals surface area contributed by atoms with Gasteiger partial charge in [-0.2, -0.15) is 4.68 Å². The topological polar surface area (TPSA) is 79.8 Å². The highest BCUT2D eigenvalue weighted by molar-refractivity contribution is 7.12. The summed E-state index contributed by atoms with van der Waals surface area (Å²) in [6.07, 6.45) is 0.592. The number of hydrogen-bond donors (Lipinski definition) is 2. The molecule has 0 atom stereocenters. The molecule has 32 heavy (non-hydrogen) atoms. The zero-order valence-corrected chi connectivity index (χ0v) is 19.5. The second kappa shape index (κ2) is 8.96. The third-order valence-electron chi connectivity index (χ3n) is 5.62. The van der Waals surface area contributed by atoms with Crippen molar-refractivity contribution in [3.8, 4) is 16.4 Å². The third-order valence-corrected chi connectivity index (χ3v) is 6.44. The molecule has 164 valence electrons. The van der Waals surface area contributed by atoms with Crippen molar-refractivity contribution in [1.82, 2.24) is 14.8 Å². The summed E-state index contributed by atoms with van der Waals surface area (Å²) in [6, 6.07) is 14.0. The van der Waals surface area contributed by atoms with Crippen molar-refractivity contribution in [2.24, 2.45) is 0 Å². The molecule has 0 unspecified atom stereocenters. The van der Waals surface area contributed by atoms with Crippen LogP contribution >= 0.6 is 11.3 Å². The van der Waals surface area contributed by atoms with Crippen molar-refractivity contribution in [1.29, 1.82) is 0 Å². The molecular formula is C25H26N4O2S. The van der Waals surface area contributed by atoms with E-state index in [1.807, 2.05) is 75.5 Å². The second-order valence-electron chi connectivity index (χ2n) is 8.08. The van der Waals surface area contributed by atoms with Crippen LogP contribution in [0.2, 0.25) is 0 Å². The second-order valence-corrected chi connectivity index (χ2v) is 8.92. The Labute approximate surface area is 190 Å². The van der Waals surface area contributed by atoms with Crippen molar-refractivity contribution in [3.05, 3.63) is 86.1 Å². The molecule has 0 aliphatic heterocycles. The van der Waals surface area contributed by atoms with Crippen molar-refractivity contribution in [3.63, 3.8) is 0 Å². The molecule has 4 aromatic rings. The van der Waals surface area contributed by atoms with E-state index in [1.54, 1.807) is 0 Å². The summed E-state index contributed by atoms with van der Waals surface area (Å²) in [5.74, 6) is -0.115. The molecule has 2 N–H and O–H groups in total. The summed E-state index contributed by atoms with van der Waals surface area (Å²) in [5, 5.41) is 8.55. The Kier molecular flexibility index (Phi) is 6.10. The minimum absolute atomic E-state index is 0.115. The van der Waals surface area contributed by atoms with Gasteiger partial charge in [0.1, 0.15) is 0 Å². The molecule has 2 heterocycles. The number of carbonyl (C=O) groups is 1. The molecule has 0 aliphatic carbocycles. The van der Waals surface area contributed by atoms with Crippen LogP contribution in [0, 0.1) is 27.7 Å². The van der Waals surface area contributed by atoms with Gasteiger partial charge in [-0.25, -0.2) is 4.98 Å². The summed E-state index contributed by atoms with van der Waals surface area (Å²) in [4.78, 5) is 30.1. The van der Waals surface area contributed by atoms with E-state index < -0.39 is 0 Å². The van der Waals surface area contributed by atoms with Crippen molar-refractivity contribution in [2.45, 2.75) is 40.5 Å². The summed E-state index contributed by atoms with van der Waals surface area (Å²) in [6.45, 7) is 7.94. The Morgan fingerprint density at radius 2 is 1.81 bits per heavy atom. The van der Waals surface area contributed by atoms with Crippen LogP contribution in [-0.2, 0) is 11.2 Å². The van der Waals surface area contributed by atoms with Crippen LogP contribution in [0.3, 0.4) is 0 Å². The zero-order chi connectivity index (χ0) is 22.8. The third kappa shape index (κ3) is 4.57. The molecule has 0 saturated carbocycles. The predicted molar refractivity (Wildman–Crippen MR) is 130 cm³/mol. The number of anilines is 1. The predicted octanol–water partition coefficient (Wildman–Crippen LogP) is 5.09. The van der Waals surface area contributed by atoms with Gasteiger partial charge in [-0.05, 0) is 57.4 Å². The first kappa shape index (κ1) is 21.8. The number of aromatic amines is 1. The monoisotopic (exact) mass is 446 g/mol. The fourth-order valence-corrected chi connectivity index (χ4v) is 4.31. The summed E-state index contributed by atoms with van der Waals surface area (Å²) < 4.78 is 1.47. The molecule has 2 aromatic heterocycles. The molecule has 0 aliphatic rings. The first-order valence-electron chi connectivity index (χ1n) is 10.5. The quantitative estimate of drug-likeness (QED) is 0.433. The summed E-state index contributed by atoms with van der Waals surface area (Å²) in [7, 11) is 0. The molecular weight excluding hydrogens is 420 g/mol. The average molecular weight is 447 g/mol. The number of hydrogen-bond acceptors (Lipinski definition) is 4. The normalized spacial score (nSPS) is 11.0. The molecule has 0 bridgehead atoms. The Bertz CT molecular complexity index is 1330. The van der Waals surface area contributed by atoms with Crippen molar-refractivity contribution >= 4 is 22.9 Å². The van der Waals surface area contributed by atoms with E-state index in [1.165, 1.54) is 27.1 Å². The minimum atomic E-state index is -0.161. The van der Waals surface area contributed by atoms with Gasteiger partial charge in [-0.15, -0.1) is 11.3 Å². The SMILES string of the molecule is Cc1ccc(-c2csc(-n3[nH]c(C)c(CCC(=O)Nc4ccc(C)c(C)c4)c3=O)n2)cc1. The number of rotatable bonds is 6. The van der Waals surface area contributed by atoms with Gasteiger partial charge in [0.25, 0.3) is 5.56 Å². The van der Waals surface area contributed by atoms with E-state index in [9.17, 15) is 9.59 Å². The largest absolute Gasteiger partial charge is 0.326 e. The lowest BCUT2D eigenvalue weighted by Gasteiger charge is -2.07. The van der Waals surface area contributed by atoms with Gasteiger partial charge in [0.05, 0.1) is 5.69 Å². The number of amides is 1. The number of nitrogens with zero attached hydrogens (tertiary/aromatic N) is 2. The average Bonchev–Trinajstić information content (AvgIpc) is 3.35. The number of H-pyrrole nitrogens is 1. The van der Waals surface area contributed by atoms with E-state index in [2.05, 4.69) is 15.4 Å². The van der Waals surface area contributed by atoms with Crippen LogP contribution in [0.1, 0.15) is 34.4 Å². The lowest BCUT2D eigenvalue weighted by molar-refractivity contribution is -0.116. The molecule has 7 heteroatoms. The summed E-state index contributed by atoms with van der Waals surface area (Å²) >= 11 is 1.41. The Balaban J connectivity index is 1.47. The zero-order valence-electron chi connectivity index (χ0n) is 18.7. The first-order valence-corrected chi connectivity index (χ1v) is 11.4. The van der Waals surface area contributed by atoms with Gasteiger partial charge in [0.2, 0.25) is 11.0 Å². The standard InChI is InChI=1S/C25H26N4O2S/c1-15-5-8-19(9-6-15)22-14-32-25(27-22)29-24(31)21(18(4)28-29)11-12-23(30)26-20-10-7-16(2)17(3)13-20/h5-10,13-14,28H,11-12H2,1-4H3,(H,26,30). The van der Waals surface area contributed by atoms with Gasteiger partial charge in [0, 0.05) is 34.3 Å². The number of nitrogens with one attached hydrogen (secondary N) is 2. The Morgan fingerprint density at radius 3 is 2.53 bits per heavy atom. The van der Waals surface area contributed by atoms with E-state index in [4.69, 9.17) is 0 Å².